The average Bonchev–Trinajstić information content (AvgIpc) is 2.66. The quantitative estimate of drug-likeness (QED) is 0.240. The van der Waals surface area contributed by atoms with Crippen LogP contribution in [0, 0.1) is 10.1 Å². The van der Waals surface area contributed by atoms with Crippen LogP contribution in [0.3, 0.4) is 0 Å². The zero-order valence-corrected chi connectivity index (χ0v) is 15.3. The molecule has 0 radical (unpaired) electrons. The lowest BCUT2D eigenvalue weighted by molar-refractivity contribution is -0.757. The zero-order valence-electron chi connectivity index (χ0n) is 15.3. The van der Waals surface area contributed by atoms with Crippen LogP contribution >= 0.6 is 0 Å². The van der Waals surface area contributed by atoms with Crippen LogP contribution in [0.5, 0.6) is 11.5 Å². The van der Waals surface area contributed by atoms with Crippen LogP contribution in [0.15, 0.2) is 45.6 Å². The molecule has 28 heavy (non-hydrogen) atoms. The van der Waals surface area contributed by atoms with Crippen molar-refractivity contribution in [3.8, 4) is 11.5 Å². The van der Waals surface area contributed by atoms with E-state index in [1.807, 2.05) is 0 Å². The molecule has 0 aliphatic heterocycles. The van der Waals surface area contributed by atoms with E-state index in [2.05, 4.69) is 4.84 Å². The molecule has 1 N–H and O–H groups in total. The van der Waals surface area contributed by atoms with Crippen LogP contribution in [0.25, 0.3) is 21.9 Å². The molecule has 3 rings (SSSR count). The van der Waals surface area contributed by atoms with E-state index in [1.54, 1.807) is 30.3 Å². The molecule has 3 aromatic rings. The Morgan fingerprint density at radius 3 is 2.50 bits per heavy atom. The first-order valence-corrected chi connectivity index (χ1v) is 9.15. The fourth-order valence-electron chi connectivity index (χ4n) is 3.03. The maximum absolute atomic E-state index is 12.6. The second kappa shape index (κ2) is 9.07. The molecule has 0 spiro atoms. The topological polar surface area (TPSA) is 112 Å². The van der Waals surface area contributed by atoms with Crippen molar-refractivity contribution in [2.45, 2.75) is 32.1 Å². The number of fused-ring (bicyclic) bond motifs is 2. The minimum Gasteiger partial charge on any atom is -0.507 e. The Kier molecular flexibility index (Phi) is 6.31. The highest BCUT2D eigenvalue weighted by atomic mass is 16.9. The van der Waals surface area contributed by atoms with Crippen molar-refractivity contribution in [3.63, 3.8) is 0 Å². The van der Waals surface area contributed by atoms with Crippen molar-refractivity contribution in [2.75, 3.05) is 13.2 Å². The Labute approximate surface area is 160 Å². The fraction of sp³-hybridized carbons (Fsp3) is 0.350. The van der Waals surface area contributed by atoms with Gasteiger partial charge in [-0.3, -0.25) is 4.79 Å². The number of phenols is 1. The molecule has 0 bridgehead atoms. The number of nitrogens with zero attached hydrogens (tertiary/aromatic N) is 1. The highest BCUT2D eigenvalue weighted by molar-refractivity contribution is 5.93. The molecule has 0 saturated heterocycles. The van der Waals surface area contributed by atoms with E-state index >= 15 is 0 Å². The standard InChI is InChI=1S/C20H21NO7/c22-16-12-14(26-10-6-2-1-3-7-11-27-21(24)25)13-18-19(16)20(23)15-8-4-5-9-17(15)28-18/h4-5,8-9,12-13,22H,1-3,6-7,10-11H2. The first-order chi connectivity index (χ1) is 13.6. The van der Waals surface area contributed by atoms with E-state index in [-0.39, 0.29) is 28.8 Å². The maximum Gasteiger partial charge on any atom is 0.294 e. The summed E-state index contributed by atoms with van der Waals surface area (Å²) in [6.45, 7) is 0.577. The SMILES string of the molecule is O=c1c2ccccc2oc2cc(OCCCCCCCO[N+](=O)[O-])cc(O)c12. The lowest BCUT2D eigenvalue weighted by Crippen LogP contribution is -2.03. The Morgan fingerprint density at radius 2 is 1.71 bits per heavy atom. The van der Waals surface area contributed by atoms with Crippen molar-refractivity contribution in [1.82, 2.24) is 0 Å². The zero-order chi connectivity index (χ0) is 19.9. The first kappa shape index (κ1) is 19.5. The van der Waals surface area contributed by atoms with E-state index in [9.17, 15) is 20.0 Å². The molecule has 8 heteroatoms. The monoisotopic (exact) mass is 387 g/mol. The van der Waals surface area contributed by atoms with E-state index < -0.39 is 5.09 Å². The van der Waals surface area contributed by atoms with Gasteiger partial charge in [-0.15, -0.1) is 10.1 Å². The van der Waals surface area contributed by atoms with Gasteiger partial charge in [0.15, 0.2) is 0 Å². The summed E-state index contributed by atoms with van der Waals surface area (Å²) in [5.74, 6) is 0.264. The van der Waals surface area contributed by atoms with E-state index in [0.29, 0.717) is 29.7 Å². The first-order valence-electron chi connectivity index (χ1n) is 9.15. The molecule has 0 atom stereocenters. The van der Waals surface area contributed by atoms with E-state index in [1.165, 1.54) is 6.07 Å². The van der Waals surface area contributed by atoms with Crippen LogP contribution in [-0.4, -0.2) is 23.4 Å². The average molecular weight is 387 g/mol. The summed E-state index contributed by atoms with van der Waals surface area (Å²) in [6, 6.07) is 9.92. The van der Waals surface area contributed by atoms with E-state index in [0.717, 1.165) is 25.7 Å². The molecule has 148 valence electrons. The summed E-state index contributed by atoms with van der Waals surface area (Å²) in [5, 5.41) is 20.1. The summed E-state index contributed by atoms with van der Waals surface area (Å²) in [6.07, 6.45) is 4.14. The predicted octanol–water partition coefficient (Wildman–Crippen LogP) is 4.19. The third-order valence-electron chi connectivity index (χ3n) is 4.39. The molecule has 8 nitrogen and oxygen atoms in total. The predicted molar refractivity (Wildman–Crippen MR) is 103 cm³/mol. The Balaban J connectivity index is 1.55. The number of aromatic hydroxyl groups is 1. The number of phenolic OH excluding ortho intramolecular Hbond substituents is 1. The summed E-state index contributed by atoms with van der Waals surface area (Å²) in [5.41, 5.74) is 0.462. The van der Waals surface area contributed by atoms with Gasteiger partial charge in [-0.25, -0.2) is 0 Å². The Bertz CT molecular complexity index is 1030. The van der Waals surface area contributed by atoms with Gasteiger partial charge in [0.05, 0.1) is 18.6 Å². The summed E-state index contributed by atoms with van der Waals surface area (Å²) < 4.78 is 11.4. The smallest absolute Gasteiger partial charge is 0.294 e. The van der Waals surface area contributed by atoms with Gasteiger partial charge in [0.1, 0.15) is 28.1 Å². The number of hydrogen-bond donors (Lipinski definition) is 1. The minimum atomic E-state index is -0.780. The van der Waals surface area contributed by atoms with Gasteiger partial charge in [0.25, 0.3) is 5.09 Å². The number of rotatable bonds is 10. The van der Waals surface area contributed by atoms with Gasteiger partial charge in [-0.1, -0.05) is 31.4 Å². The normalized spacial score (nSPS) is 11.0. The molecular weight excluding hydrogens is 366 g/mol. The lowest BCUT2D eigenvalue weighted by Gasteiger charge is -2.09. The van der Waals surface area contributed by atoms with Crippen molar-refractivity contribution in [3.05, 3.63) is 56.7 Å². The van der Waals surface area contributed by atoms with Crippen LogP contribution < -0.4 is 10.2 Å². The second-order valence-electron chi connectivity index (χ2n) is 6.42. The molecule has 0 fully saturated rings. The highest BCUT2D eigenvalue weighted by Crippen LogP contribution is 2.30. The molecule has 2 aromatic carbocycles. The fourth-order valence-corrected chi connectivity index (χ4v) is 3.03. The molecule has 0 aliphatic rings. The summed E-state index contributed by atoms with van der Waals surface area (Å²) in [7, 11) is 0. The molecule has 1 heterocycles. The Morgan fingerprint density at radius 1 is 1.00 bits per heavy atom. The highest BCUT2D eigenvalue weighted by Gasteiger charge is 2.13. The largest absolute Gasteiger partial charge is 0.507 e. The molecule has 0 amide bonds. The number of para-hydroxylation sites is 1. The third kappa shape index (κ3) is 4.70. The van der Waals surface area contributed by atoms with Crippen molar-refractivity contribution < 1.29 is 24.2 Å². The number of hydrogen-bond acceptors (Lipinski definition) is 7. The van der Waals surface area contributed by atoms with Crippen LogP contribution in [-0.2, 0) is 4.84 Å². The van der Waals surface area contributed by atoms with Gasteiger partial charge in [-0.2, -0.15) is 0 Å². The number of ether oxygens (including phenoxy) is 1. The van der Waals surface area contributed by atoms with Gasteiger partial charge in [0.2, 0.25) is 5.43 Å². The maximum atomic E-state index is 12.6. The Hall–Kier alpha value is -3.29. The van der Waals surface area contributed by atoms with Crippen molar-refractivity contribution in [1.29, 1.82) is 0 Å². The van der Waals surface area contributed by atoms with Gasteiger partial charge in [-0.05, 0) is 25.0 Å². The van der Waals surface area contributed by atoms with Gasteiger partial charge < -0.3 is 19.1 Å². The van der Waals surface area contributed by atoms with Crippen LogP contribution in [0.2, 0.25) is 0 Å². The minimum absolute atomic E-state index is 0.125. The molecule has 1 aromatic heterocycles. The van der Waals surface area contributed by atoms with Crippen molar-refractivity contribution in [2.24, 2.45) is 0 Å². The van der Waals surface area contributed by atoms with E-state index in [4.69, 9.17) is 9.15 Å². The van der Waals surface area contributed by atoms with Crippen LogP contribution in [0.4, 0.5) is 0 Å². The van der Waals surface area contributed by atoms with Crippen LogP contribution in [0.1, 0.15) is 32.1 Å². The number of benzene rings is 2. The third-order valence-corrected chi connectivity index (χ3v) is 4.39. The molecule has 0 unspecified atom stereocenters. The lowest BCUT2D eigenvalue weighted by atomic mass is 10.1. The molecular formula is C20H21NO7. The van der Waals surface area contributed by atoms with Gasteiger partial charge >= 0.3 is 0 Å². The summed E-state index contributed by atoms with van der Waals surface area (Å²) in [4.78, 5) is 26.8. The van der Waals surface area contributed by atoms with Gasteiger partial charge in [0, 0.05) is 12.1 Å². The molecule has 0 aliphatic carbocycles. The summed E-state index contributed by atoms with van der Waals surface area (Å²) >= 11 is 0. The van der Waals surface area contributed by atoms with Crippen molar-refractivity contribution >= 4 is 21.9 Å². The molecule has 0 saturated carbocycles. The number of unbranched alkanes of at least 4 members (excludes halogenated alkanes) is 4. The second-order valence-corrected chi connectivity index (χ2v) is 6.42.